The van der Waals surface area contributed by atoms with E-state index in [1.807, 2.05) is 19.6 Å². The Balaban J connectivity index is 0.00000913. The smallest absolute Gasteiger partial charge is 0.544 e. The van der Waals surface area contributed by atoms with E-state index >= 15 is 0 Å². The Hall–Kier alpha value is -1.19. The summed E-state index contributed by atoms with van der Waals surface area (Å²) in [6.07, 6.45) is -33.6. The molecule has 0 saturated carbocycles. The van der Waals surface area contributed by atoms with Gasteiger partial charge in [-0.25, -0.2) is 0 Å². The van der Waals surface area contributed by atoms with Crippen molar-refractivity contribution in [2.24, 2.45) is 0 Å². The third-order valence-electron chi connectivity index (χ3n) is 12.3. The Labute approximate surface area is 464 Å². The van der Waals surface area contributed by atoms with Gasteiger partial charge in [0.25, 0.3) is 0 Å². The second-order valence-electron chi connectivity index (χ2n) is 19.3. The molecule has 0 aliphatic carbocycles. The maximum atomic E-state index is 13.0. The average Bonchev–Trinajstić information content (AvgIpc) is 3.28. The Kier molecular flexibility index (Phi) is 27.1. The number of rotatable bonds is 23. The molecule has 14 N–H and O–H groups in total. The van der Waals surface area contributed by atoms with Gasteiger partial charge in [-0.1, -0.05) is 19.6 Å². The van der Waals surface area contributed by atoms with Crippen molar-refractivity contribution in [3.05, 3.63) is 0 Å². The number of aliphatic carboxylic acids is 2. The molecule has 4 aliphatic heterocycles. The Bertz CT molecular complexity index is 1820. The summed E-state index contributed by atoms with van der Waals surface area (Å²) in [6, 6.07) is -4.00. The molecule has 0 aromatic carbocycles. The van der Waals surface area contributed by atoms with Gasteiger partial charge in [0.1, 0.15) is 79.0 Å². The van der Waals surface area contributed by atoms with Crippen LogP contribution in [0, 0.1) is 0 Å². The number of carboxylic acids is 2. The van der Waals surface area contributed by atoms with Crippen LogP contribution in [0.4, 0.5) is 0 Å². The van der Waals surface area contributed by atoms with E-state index in [0.717, 1.165) is 20.8 Å². The summed E-state index contributed by atoms with van der Waals surface area (Å²) in [5, 5.41) is 150. The summed E-state index contributed by atoms with van der Waals surface area (Å²) in [4.78, 5) is 62.6. The van der Waals surface area contributed by atoms with E-state index in [0.29, 0.717) is 6.04 Å². The number of carbonyl (C=O) groups is 5. The standard InChI is InChI=1S/C41H71N3O26Si.2Na/c1-16(48)42-26-20(51)10-40(38(59)60,68-33(26)29(55)22(53)12-45)64-15-19-9-24(28(44-18(3)50)36(65-19)63-7-8-71(4,5)6)66-37-32(58)35(31(57)25(14-47)67-37)70-41(39(61)62)11-21(52)27(43-17(2)49)34(69-41)30(56)23(54)13-46;;/h19-37,45-47,51-58H,7-15H2,1-6H3,(H,42,48)(H,43,49)(H,44,50)(H,59,60)(H,61,62);;/q;2*+1/p-2/t19-,20-,21-,22+,23+,24-,25+,26+,27+,28+,29+,30-,31-,32+,33+,34+,35-,36+,37+,40+,41-;;/m0../s1. The van der Waals surface area contributed by atoms with Crippen LogP contribution >= 0.6 is 0 Å². The van der Waals surface area contributed by atoms with Gasteiger partial charge in [0.2, 0.25) is 29.3 Å². The van der Waals surface area contributed by atoms with E-state index < -0.39 is 211 Å². The molecule has 4 saturated heterocycles. The summed E-state index contributed by atoms with van der Waals surface area (Å²) in [5.74, 6) is -12.8. The van der Waals surface area contributed by atoms with E-state index in [1.54, 1.807) is 0 Å². The van der Waals surface area contributed by atoms with E-state index in [9.17, 15) is 90.4 Å². The first-order valence-electron chi connectivity index (χ1n) is 22.8. The van der Waals surface area contributed by atoms with Crippen molar-refractivity contribution in [1.82, 2.24) is 16.0 Å². The number of amides is 3. The summed E-state index contributed by atoms with van der Waals surface area (Å²) in [7, 11) is -1.84. The van der Waals surface area contributed by atoms with Crippen molar-refractivity contribution in [2.75, 3.05) is 33.0 Å². The van der Waals surface area contributed by atoms with Gasteiger partial charge in [-0.05, 0) is 6.04 Å². The van der Waals surface area contributed by atoms with Crippen LogP contribution in [0.5, 0.6) is 0 Å². The third kappa shape index (κ3) is 17.4. The van der Waals surface area contributed by atoms with Gasteiger partial charge in [-0.15, -0.1) is 0 Å². The first kappa shape index (κ1) is 67.9. The zero-order valence-corrected chi connectivity index (χ0v) is 46.9. The molecule has 4 rings (SSSR count). The van der Waals surface area contributed by atoms with Crippen molar-refractivity contribution in [3.8, 4) is 0 Å². The molecule has 0 aromatic rings. The van der Waals surface area contributed by atoms with Crippen molar-refractivity contribution < 1.29 is 187 Å². The molecular weight excluding hydrogens is 1020 g/mol. The van der Waals surface area contributed by atoms with E-state index in [4.69, 9.17) is 37.9 Å². The molecule has 0 unspecified atom stereocenters. The number of ether oxygens (including phenoxy) is 8. The fourth-order valence-corrected chi connectivity index (χ4v) is 9.34. The van der Waals surface area contributed by atoms with Crippen LogP contribution in [-0.4, -0.2) is 255 Å². The van der Waals surface area contributed by atoms with Crippen LogP contribution in [0.2, 0.25) is 25.7 Å². The van der Waals surface area contributed by atoms with Gasteiger partial charge >= 0.3 is 59.1 Å². The van der Waals surface area contributed by atoms with Crippen molar-refractivity contribution >= 4 is 37.7 Å². The van der Waals surface area contributed by atoms with Gasteiger partial charge in [0.15, 0.2) is 12.6 Å². The SMILES string of the molecule is CC(=O)N[C@H]1[C@H](OCC[Si](C)(C)C)O[C@H](CO[C@]2(C(=O)[O-])C[C@H](O)[C@@H](NC(C)=O)[C@H]([C@H](O)[C@H](O)CO)O2)C[C@@H]1O[C@@H]1O[C@H](CO)[C@H](O)[C@H](O[C@]2(C(=O)[O-])C[C@H](O)[C@@H](NC(C)=O)[C@H]([C@@H](O)[C@H](O)CO)O2)[C@H]1O.[Na+].[Na+]. The molecule has 21 atom stereocenters. The van der Waals surface area contributed by atoms with Gasteiger partial charge in [-0.2, -0.15) is 0 Å². The molecule has 0 spiro atoms. The first-order valence-corrected chi connectivity index (χ1v) is 26.5. The quantitative estimate of drug-likeness (QED) is 0.0423. The van der Waals surface area contributed by atoms with E-state index in [1.165, 1.54) is 0 Å². The molecule has 73 heavy (non-hydrogen) atoms. The van der Waals surface area contributed by atoms with E-state index in [-0.39, 0.29) is 65.7 Å². The van der Waals surface area contributed by atoms with Crippen LogP contribution in [0.15, 0.2) is 0 Å². The molecule has 4 heterocycles. The summed E-state index contributed by atoms with van der Waals surface area (Å²) in [6.45, 7) is 5.24. The Morgan fingerprint density at radius 2 is 1.16 bits per heavy atom. The molecule has 3 amide bonds. The third-order valence-corrected chi connectivity index (χ3v) is 14.0. The second-order valence-corrected chi connectivity index (χ2v) is 24.9. The maximum absolute atomic E-state index is 13.0. The predicted octanol–water partition coefficient (Wildman–Crippen LogP) is -16.2. The minimum atomic E-state index is -3.24. The van der Waals surface area contributed by atoms with Crippen LogP contribution < -0.4 is 85.3 Å². The molecule has 410 valence electrons. The second kappa shape index (κ2) is 29.1. The topological polar surface area (TPSA) is 464 Å². The summed E-state index contributed by atoms with van der Waals surface area (Å²) >= 11 is 0. The summed E-state index contributed by atoms with van der Waals surface area (Å²) < 4.78 is 47.1. The number of hydrogen-bond donors (Lipinski definition) is 14. The Morgan fingerprint density at radius 1 is 0.699 bits per heavy atom. The zero-order chi connectivity index (χ0) is 53.5. The molecular formula is C41H69N3Na2O26Si. The van der Waals surface area contributed by atoms with Crippen molar-refractivity contribution in [2.45, 2.75) is 193 Å². The fourth-order valence-electron chi connectivity index (χ4n) is 8.61. The minimum absolute atomic E-state index is 0. The molecule has 0 radical (unpaired) electrons. The number of carbonyl (C=O) groups excluding carboxylic acids is 5. The van der Waals surface area contributed by atoms with Gasteiger partial charge < -0.3 is 130 Å². The normalized spacial score (nSPS) is 37.5. The molecule has 4 aliphatic rings. The minimum Gasteiger partial charge on any atom is -0.544 e. The number of hydrogen-bond acceptors (Lipinski definition) is 26. The predicted molar refractivity (Wildman–Crippen MR) is 228 cm³/mol. The maximum Gasteiger partial charge on any atom is 1.00 e. The fraction of sp³-hybridized carbons (Fsp3) is 0.878. The monoisotopic (exact) mass is 1090 g/mol. The molecule has 32 heteroatoms. The first-order chi connectivity index (χ1) is 33.0. The van der Waals surface area contributed by atoms with Gasteiger partial charge in [0, 0.05) is 54.7 Å². The molecule has 0 bridgehead atoms. The van der Waals surface area contributed by atoms with Gasteiger partial charge in [-0.3, -0.25) is 14.4 Å². The van der Waals surface area contributed by atoms with Crippen molar-refractivity contribution in [1.29, 1.82) is 0 Å². The number of nitrogens with one attached hydrogen (secondary N) is 3. The van der Waals surface area contributed by atoms with Crippen LogP contribution in [0.1, 0.15) is 40.0 Å². The number of aliphatic hydroxyl groups excluding tert-OH is 11. The van der Waals surface area contributed by atoms with Crippen LogP contribution in [0.25, 0.3) is 0 Å². The van der Waals surface area contributed by atoms with E-state index in [2.05, 4.69) is 16.0 Å². The van der Waals surface area contributed by atoms with Crippen LogP contribution in [0.3, 0.4) is 0 Å². The molecule has 0 aromatic heterocycles. The largest absolute Gasteiger partial charge is 1.00 e. The molecule has 4 fully saturated rings. The average molecular weight is 1090 g/mol. The molecule has 29 nitrogen and oxygen atoms in total. The zero-order valence-electron chi connectivity index (χ0n) is 41.9. The Morgan fingerprint density at radius 3 is 1.60 bits per heavy atom. The van der Waals surface area contributed by atoms with Crippen LogP contribution in [-0.2, 0) is 61.9 Å². The summed E-state index contributed by atoms with van der Waals surface area (Å²) in [5.41, 5.74) is 0. The number of carboxylic acid groups (broad SMARTS) is 2. The van der Waals surface area contributed by atoms with Crippen molar-refractivity contribution in [3.63, 3.8) is 0 Å². The number of aliphatic hydroxyl groups is 11. The van der Waals surface area contributed by atoms with Gasteiger partial charge in [0.05, 0.1) is 62.9 Å².